The van der Waals surface area contributed by atoms with Crippen LogP contribution < -0.4 is 0 Å². The molecule has 2 unspecified atom stereocenters. The zero-order valence-corrected chi connectivity index (χ0v) is 14.1. The average Bonchev–Trinajstić information content (AvgIpc) is 2.80. The Kier molecular flexibility index (Phi) is 5.64. The molecule has 0 aromatic carbocycles. The van der Waals surface area contributed by atoms with E-state index in [1.807, 2.05) is 13.2 Å². The van der Waals surface area contributed by atoms with Gasteiger partial charge in [0.25, 0.3) is 0 Å². The fourth-order valence-electron chi connectivity index (χ4n) is 2.61. The molecule has 0 amide bonds. The van der Waals surface area contributed by atoms with E-state index in [0.717, 1.165) is 5.56 Å². The van der Waals surface area contributed by atoms with Gasteiger partial charge in [-0.15, -0.1) is 0 Å². The fourth-order valence-corrected chi connectivity index (χ4v) is 3.09. The SMILES string of the molecule is COC[C@H]1O[C@@H](c2cn(C)c(=S)[nH]c2=S)C(OC)C1OC. The molecule has 2 rings (SSSR count). The van der Waals surface area contributed by atoms with Crippen LogP contribution in [0.15, 0.2) is 6.20 Å². The zero-order valence-electron chi connectivity index (χ0n) is 12.5. The third-order valence-corrected chi connectivity index (χ3v) is 4.36. The quantitative estimate of drug-likeness (QED) is 0.832. The molecule has 8 heteroatoms. The van der Waals surface area contributed by atoms with E-state index in [-0.39, 0.29) is 24.4 Å². The summed E-state index contributed by atoms with van der Waals surface area (Å²) in [6.45, 7) is 0.427. The van der Waals surface area contributed by atoms with E-state index < -0.39 is 0 Å². The van der Waals surface area contributed by atoms with Crippen molar-refractivity contribution >= 4 is 24.4 Å². The van der Waals surface area contributed by atoms with Crippen LogP contribution in [0, 0.1) is 9.41 Å². The molecule has 1 N–H and O–H groups in total. The Labute approximate surface area is 134 Å². The number of aromatic nitrogens is 2. The van der Waals surface area contributed by atoms with E-state index in [4.69, 9.17) is 43.4 Å². The van der Waals surface area contributed by atoms with Crippen molar-refractivity contribution in [1.82, 2.24) is 9.55 Å². The molecule has 6 nitrogen and oxygen atoms in total. The van der Waals surface area contributed by atoms with Gasteiger partial charge in [-0.1, -0.05) is 12.2 Å². The average molecular weight is 332 g/mol. The standard InChI is InChI=1S/C13H20N2O4S2/c1-15-5-7(12(20)14-13(15)21)9-11(18-4)10(17-3)8(19-9)6-16-2/h5,8-11H,6H2,1-4H3,(H,14,20,21)/t8-,9+,10?,11?/m1/s1. The number of aryl methyl sites for hydroxylation is 1. The van der Waals surface area contributed by atoms with Crippen LogP contribution in [0.4, 0.5) is 0 Å². The lowest BCUT2D eigenvalue weighted by Gasteiger charge is -2.21. The van der Waals surface area contributed by atoms with Gasteiger partial charge < -0.3 is 28.5 Å². The summed E-state index contributed by atoms with van der Waals surface area (Å²) < 4.78 is 25.3. The molecule has 1 saturated heterocycles. The highest BCUT2D eigenvalue weighted by Crippen LogP contribution is 2.36. The summed E-state index contributed by atoms with van der Waals surface area (Å²) in [4.78, 5) is 2.99. The summed E-state index contributed by atoms with van der Waals surface area (Å²) in [5, 5.41) is 0. The van der Waals surface area contributed by atoms with Crippen molar-refractivity contribution in [2.75, 3.05) is 27.9 Å². The van der Waals surface area contributed by atoms with Gasteiger partial charge in [0, 0.05) is 40.1 Å². The van der Waals surface area contributed by atoms with Crippen LogP contribution in [-0.4, -0.2) is 55.8 Å². The second-order valence-electron chi connectivity index (χ2n) is 4.91. The predicted octanol–water partition coefficient (Wildman–Crippen LogP) is 1.93. The molecule has 1 aliphatic heterocycles. The first-order valence-electron chi connectivity index (χ1n) is 6.53. The first-order valence-corrected chi connectivity index (χ1v) is 7.35. The van der Waals surface area contributed by atoms with Crippen molar-refractivity contribution < 1.29 is 18.9 Å². The molecule has 1 aliphatic rings. The van der Waals surface area contributed by atoms with E-state index in [2.05, 4.69) is 4.98 Å². The maximum Gasteiger partial charge on any atom is 0.177 e. The number of aromatic amines is 1. The molecule has 0 radical (unpaired) electrons. The maximum absolute atomic E-state index is 6.06. The highest BCUT2D eigenvalue weighted by molar-refractivity contribution is 7.72. The van der Waals surface area contributed by atoms with E-state index in [0.29, 0.717) is 16.0 Å². The summed E-state index contributed by atoms with van der Waals surface area (Å²) >= 11 is 10.5. The molecular weight excluding hydrogens is 312 g/mol. The minimum absolute atomic E-state index is 0.210. The van der Waals surface area contributed by atoms with Gasteiger partial charge in [0.15, 0.2) is 4.77 Å². The molecule has 118 valence electrons. The molecule has 2 heterocycles. The second kappa shape index (κ2) is 7.08. The molecule has 1 aromatic heterocycles. The minimum atomic E-state index is -0.328. The molecule has 1 aromatic rings. The molecule has 0 aliphatic carbocycles. The van der Waals surface area contributed by atoms with Gasteiger partial charge in [0.05, 0.1) is 6.61 Å². The fraction of sp³-hybridized carbons (Fsp3) is 0.692. The Morgan fingerprint density at radius 1 is 1.24 bits per heavy atom. The van der Waals surface area contributed by atoms with Gasteiger partial charge in [-0.25, -0.2) is 0 Å². The second-order valence-corrected chi connectivity index (χ2v) is 5.70. The van der Waals surface area contributed by atoms with E-state index in [1.165, 1.54) is 0 Å². The van der Waals surface area contributed by atoms with Gasteiger partial charge in [0.1, 0.15) is 29.1 Å². The normalized spacial score (nSPS) is 29.0. The van der Waals surface area contributed by atoms with E-state index in [1.54, 1.807) is 25.9 Å². The van der Waals surface area contributed by atoms with Crippen molar-refractivity contribution in [3.63, 3.8) is 0 Å². The van der Waals surface area contributed by atoms with Crippen molar-refractivity contribution in [2.45, 2.75) is 24.4 Å². The molecule has 0 spiro atoms. The monoisotopic (exact) mass is 332 g/mol. The molecule has 1 fully saturated rings. The van der Waals surface area contributed by atoms with E-state index >= 15 is 0 Å². The van der Waals surface area contributed by atoms with Crippen LogP contribution in [0.2, 0.25) is 0 Å². The number of methoxy groups -OCH3 is 3. The molecule has 0 bridgehead atoms. The Bertz CT molecular complexity index is 601. The highest BCUT2D eigenvalue weighted by atomic mass is 32.1. The van der Waals surface area contributed by atoms with Crippen molar-refractivity contribution in [3.05, 3.63) is 21.2 Å². The molecule has 0 saturated carbocycles. The van der Waals surface area contributed by atoms with Gasteiger partial charge in [-0.3, -0.25) is 0 Å². The lowest BCUT2D eigenvalue weighted by Crippen LogP contribution is -2.36. The molecule has 21 heavy (non-hydrogen) atoms. The van der Waals surface area contributed by atoms with Crippen LogP contribution in [-0.2, 0) is 26.0 Å². The largest absolute Gasteiger partial charge is 0.382 e. The number of hydrogen-bond donors (Lipinski definition) is 1. The van der Waals surface area contributed by atoms with Crippen molar-refractivity contribution in [2.24, 2.45) is 7.05 Å². The Morgan fingerprint density at radius 2 is 1.90 bits per heavy atom. The van der Waals surface area contributed by atoms with Crippen molar-refractivity contribution in [3.8, 4) is 0 Å². The summed E-state index contributed by atoms with van der Waals surface area (Å²) in [5.41, 5.74) is 0.827. The highest BCUT2D eigenvalue weighted by Gasteiger charge is 2.46. The Balaban J connectivity index is 2.41. The molecule has 4 atom stereocenters. The number of hydrogen-bond acceptors (Lipinski definition) is 6. The van der Waals surface area contributed by atoms with Gasteiger partial charge in [-0.05, 0) is 12.2 Å². The van der Waals surface area contributed by atoms with Crippen LogP contribution in [0.1, 0.15) is 11.7 Å². The molecular formula is C13H20N2O4S2. The van der Waals surface area contributed by atoms with Crippen LogP contribution in [0.25, 0.3) is 0 Å². The Hall–Kier alpha value is -0.640. The maximum atomic E-state index is 6.06. The smallest absolute Gasteiger partial charge is 0.177 e. The summed E-state index contributed by atoms with van der Waals surface area (Å²) in [7, 11) is 6.76. The number of rotatable bonds is 5. The third kappa shape index (κ3) is 3.25. The van der Waals surface area contributed by atoms with E-state index in [9.17, 15) is 0 Å². The number of H-pyrrole nitrogens is 1. The zero-order chi connectivity index (χ0) is 15.6. The van der Waals surface area contributed by atoms with Crippen LogP contribution in [0.5, 0.6) is 0 Å². The third-order valence-electron chi connectivity index (χ3n) is 3.63. The first kappa shape index (κ1) is 16.7. The van der Waals surface area contributed by atoms with Gasteiger partial charge in [0.2, 0.25) is 0 Å². The summed E-state index contributed by atoms with van der Waals surface area (Å²) in [5.74, 6) is 0. The Morgan fingerprint density at radius 3 is 2.48 bits per heavy atom. The van der Waals surface area contributed by atoms with Gasteiger partial charge >= 0.3 is 0 Å². The number of ether oxygens (including phenoxy) is 4. The van der Waals surface area contributed by atoms with Crippen LogP contribution >= 0.6 is 24.4 Å². The van der Waals surface area contributed by atoms with Crippen LogP contribution in [0.3, 0.4) is 0 Å². The lowest BCUT2D eigenvalue weighted by molar-refractivity contribution is -0.0479. The summed E-state index contributed by atoms with van der Waals surface area (Å²) in [6.07, 6.45) is 0.854. The van der Waals surface area contributed by atoms with Gasteiger partial charge in [-0.2, -0.15) is 0 Å². The van der Waals surface area contributed by atoms with Crippen molar-refractivity contribution in [1.29, 1.82) is 0 Å². The minimum Gasteiger partial charge on any atom is -0.382 e. The first-order chi connectivity index (χ1) is 10.0. The topological polar surface area (TPSA) is 57.6 Å². The summed E-state index contributed by atoms with van der Waals surface area (Å²) in [6, 6.07) is 0. The predicted molar refractivity (Wildman–Crippen MR) is 82.5 cm³/mol. The number of nitrogens with zero attached hydrogens (tertiary/aromatic N) is 1. The number of nitrogens with one attached hydrogen (secondary N) is 1. The lowest BCUT2D eigenvalue weighted by atomic mass is 10.0.